The molecule has 1 aliphatic carbocycles. The molecule has 1 saturated carbocycles. The van der Waals surface area contributed by atoms with Crippen molar-refractivity contribution in [3.05, 3.63) is 0 Å². The lowest BCUT2D eigenvalue weighted by Gasteiger charge is -2.26. The monoisotopic (exact) mass is 242 g/mol. The van der Waals surface area contributed by atoms with Gasteiger partial charge in [0, 0.05) is 0 Å². The van der Waals surface area contributed by atoms with Crippen molar-refractivity contribution in [3.8, 4) is 0 Å². The molecule has 0 bridgehead atoms. The fourth-order valence-corrected chi connectivity index (χ4v) is 2.14. The first-order chi connectivity index (χ1) is 7.66. The van der Waals surface area contributed by atoms with Gasteiger partial charge in [0.05, 0.1) is 11.0 Å². The zero-order valence-electron chi connectivity index (χ0n) is 11.7. The van der Waals surface area contributed by atoms with Crippen LogP contribution in [-0.4, -0.2) is 22.8 Å². The first kappa shape index (κ1) is 14.5. The summed E-state index contributed by atoms with van der Waals surface area (Å²) in [5.41, 5.74) is -1.06. The van der Waals surface area contributed by atoms with E-state index in [-0.39, 0.29) is 18.0 Å². The molecule has 0 aromatic carbocycles. The lowest BCUT2D eigenvalue weighted by molar-refractivity contribution is -0.159. The second kappa shape index (κ2) is 4.97. The van der Waals surface area contributed by atoms with Crippen molar-refractivity contribution >= 4 is 5.97 Å². The Balaban J connectivity index is 2.49. The fraction of sp³-hybridized carbons (Fsp3) is 0.929. The maximum atomic E-state index is 11.9. The molecule has 1 fully saturated rings. The first-order valence-corrected chi connectivity index (χ1v) is 6.60. The molecule has 0 aliphatic heterocycles. The Morgan fingerprint density at radius 3 is 2.29 bits per heavy atom. The van der Waals surface area contributed by atoms with Gasteiger partial charge in [0.15, 0.2) is 0 Å². The van der Waals surface area contributed by atoms with Crippen molar-refractivity contribution in [3.63, 3.8) is 0 Å². The quantitative estimate of drug-likeness (QED) is 0.771. The van der Waals surface area contributed by atoms with Crippen LogP contribution < -0.4 is 0 Å². The standard InChI is InChI=1S/C14H26O3/c1-6-13(2,3)12(15)17-11-8-7-10(9-11)14(4,5)16/h10-11,16H,6-9H2,1-5H3. The van der Waals surface area contributed by atoms with Crippen LogP contribution in [0.3, 0.4) is 0 Å². The number of ether oxygens (including phenoxy) is 1. The van der Waals surface area contributed by atoms with Crippen molar-refractivity contribution in [2.75, 3.05) is 0 Å². The van der Waals surface area contributed by atoms with E-state index in [0.29, 0.717) is 0 Å². The van der Waals surface area contributed by atoms with E-state index in [1.54, 1.807) is 0 Å². The van der Waals surface area contributed by atoms with Crippen molar-refractivity contribution in [2.24, 2.45) is 11.3 Å². The van der Waals surface area contributed by atoms with E-state index < -0.39 is 11.0 Å². The Kier molecular flexibility index (Phi) is 4.23. The predicted molar refractivity (Wildman–Crippen MR) is 67.6 cm³/mol. The van der Waals surface area contributed by atoms with Gasteiger partial charge in [-0.2, -0.15) is 0 Å². The van der Waals surface area contributed by atoms with Crippen molar-refractivity contribution in [1.82, 2.24) is 0 Å². The summed E-state index contributed by atoms with van der Waals surface area (Å²) in [6, 6.07) is 0. The first-order valence-electron chi connectivity index (χ1n) is 6.60. The Morgan fingerprint density at radius 2 is 1.88 bits per heavy atom. The highest BCUT2D eigenvalue weighted by molar-refractivity contribution is 5.76. The van der Waals surface area contributed by atoms with Crippen LogP contribution in [0, 0.1) is 11.3 Å². The third kappa shape index (κ3) is 3.70. The third-order valence-corrected chi connectivity index (χ3v) is 4.09. The van der Waals surface area contributed by atoms with Crippen LogP contribution in [0.5, 0.6) is 0 Å². The van der Waals surface area contributed by atoms with Crippen LogP contribution in [0.15, 0.2) is 0 Å². The number of carbonyl (C=O) groups excluding carboxylic acids is 1. The summed E-state index contributed by atoms with van der Waals surface area (Å²) in [7, 11) is 0. The molecule has 0 aromatic rings. The lowest BCUT2D eigenvalue weighted by atomic mass is 9.89. The maximum absolute atomic E-state index is 11.9. The minimum atomic E-state index is -0.665. The van der Waals surface area contributed by atoms with E-state index in [1.807, 2.05) is 34.6 Å². The molecule has 0 aromatic heterocycles. The molecule has 1 rings (SSSR count). The third-order valence-electron chi connectivity index (χ3n) is 4.09. The lowest BCUT2D eigenvalue weighted by Crippen LogP contribution is -2.31. The zero-order valence-corrected chi connectivity index (χ0v) is 11.7. The van der Waals surface area contributed by atoms with E-state index in [0.717, 1.165) is 25.7 Å². The van der Waals surface area contributed by atoms with Gasteiger partial charge in [-0.05, 0) is 59.3 Å². The molecule has 3 nitrogen and oxygen atoms in total. The van der Waals surface area contributed by atoms with Crippen molar-refractivity contribution < 1.29 is 14.6 Å². The van der Waals surface area contributed by atoms with Gasteiger partial charge in [0.1, 0.15) is 6.10 Å². The summed E-state index contributed by atoms with van der Waals surface area (Å²) >= 11 is 0. The van der Waals surface area contributed by atoms with E-state index >= 15 is 0 Å². The molecular weight excluding hydrogens is 216 g/mol. The average molecular weight is 242 g/mol. The molecule has 17 heavy (non-hydrogen) atoms. The predicted octanol–water partition coefficient (Wildman–Crippen LogP) is 2.91. The van der Waals surface area contributed by atoms with E-state index in [4.69, 9.17) is 4.74 Å². The molecule has 0 heterocycles. The number of hydrogen-bond donors (Lipinski definition) is 1. The second-order valence-electron chi connectivity index (χ2n) is 6.43. The molecule has 2 atom stereocenters. The van der Waals surface area contributed by atoms with Crippen LogP contribution in [0.25, 0.3) is 0 Å². The van der Waals surface area contributed by atoms with Crippen LogP contribution in [0.4, 0.5) is 0 Å². The van der Waals surface area contributed by atoms with Crippen LogP contribution in [0.2, 0.25) is 0 Å². The molecule has 1 aliphatic rings. The summed E-state index contributed by atoms with van der Waals surface area (Å²) in [6.07, 6.45) is 3.38. The van der Waals surface area contributed by atoms with E-state index in [1.165, 1.54) is 0 Å². The summed E-state index contributed by atoms with van der Waals surface area (Å²) < 4.78 is 5.54. The second-order valence-corrected chi connectivity index (χ2v) is 6.43. The summed E-state index contributed by atoms with van der Waals surface area (Å²) in [5.74, 6) is 0.131. The molecule has 0 spiro atoms. The minimum Gasteiger partial charge on any atom is -0.462 e. The Hall–Kier alpha value is -0.570. The van der Waals surface area contributed by atoms with Gasteiger partial charge in [-0.15, -0.1) is 0 Å². The van der Waals surface area contributed by atoms with Gasteiger partial charge in [-0.25, -0.2) is 0 Å². The number of rotatable bonds is 4. The Labute approximate surface area is 105 Å². The summed E-state index contributed by atoms with van der Waals surface area (Å²) in [6.45, 7) is 9.49. The van der Waals surface area contributed by atoms with Gasteiger partial charge in [-0.1, -0.05) is 6.92 Å². The molecule has 0 saturated heterocycles. The van der Waals surface area contributed by atoms with Gasteiger partial charge < -0.3 is 9.84 Å². The highest BCUT2D eigenvalue weighted by atomic mass is 16.5. The Bertz CT molecular complexity index is 276. The number of carbonyl (C=O) groups is 1. The van der Waals surface area contributed by atoms with Crippen LogP contribution in [-0.2, 0) is 9.53 Å². The van der Waals surface area contributed by atoms with E-state index in [2.05, 4.69) is 0 Å². The van der Waals surface area contributed by atoms with Crippen molar-refractivity contribution in [2.45, 2.75) is 72.0 Å². The summed E-state index contributed by atoms with van der Waals surface area (Å²) in [5, 5.41) is 9.93. The number of aliphatic hydroxyl groups is 1. The highest BCUT2D eigenvalue weighted by Crippen LogP contribution is 2.36. The van der Waals surface area contributed by atoms with Gasteiger partial charge in [0.25, 0.3) is 0 Å². The van der Waals surface area contributed by atoms with Crippen LogP contribution in [0.1, 0.15) is 60.3 Å². The Morgan fingerprint density at radius 1 is 1.29 bits per heavy atom. The van der Waals surface area contributed by atoms with Crippen molar-refractivity contribution in [1.29, 1.82) is 0 Å². The minimum absolute atomic E-state index is 0.00949. The molecule has 0 amide bonds. The molecule has 2 unspecified atom stereocenters. The number of hydrogen-bond acceptors (Lipinski definition) is 3. The van der Waals surface area contributed by atoms with Gasteiger partial charge in [-0.3, -0.25) is 4.79 Å². The van der Waals surface area contributed by atoms with Gasteiger partial charge >= 0.3 is 5.97 Å². The highest BCUT2D eigenvalue weighted by Gasteiger charge is 2.38. The van der Waals surface area contributed by atoms with Crippen LogP contribution >= 0.6 is 0 Å². The van der Waals surface area contributed by atoms with Gasteiger partial charge in [0.2, 0.25) is 0 Å². The summed E-state index contributed by atoms with van der Waals surface area (Å²) in [4.78, 5) is 11.9. The SMILES string of the molecule is CCC(C)(C)C(=O)OC1CCC(C(C)(C)O)C1. The molecule has 1 N–H and O–H groups in total. The molecule has 3 heteroatoms. The molecule has 100 valence electrons. The number of esters is 1. The molecular formula is C14H26O3. The topological polar surface area (TPSA) is 46.5 Å². The maximum Gasteiger partial charge on any atom is 0.311 e. The average Bonchev–Trinajstić information content (AvgIpc) is 2.65. The normalized spacial score (nSPS) is 26.0. The molecule has 0 radical (unpaired) electrons. The fourth-order valence-electron chi connectivity index (χ4n) is 2.14. The van der Waals surface area contributed by atoms with E-state index in [9.17, 15) is 9.90 Å². The largest absolute Gasteiger partial charge is 0.462 e. The zero-order chi connectivity index (χ0) is 13.3. The smallest absolute Gasteiger partial charge is 0.311 e.